The monoisotopic (exact) mass is 887 g/mol. The lowest BCUT2D eigenvalue weighted by Crippen LogP contribution is -2.37. The van der Waals surface area contributed by atoms with Crippen molar-refractivity contribution in [2.45, 2.75) is 135 Å². The van der Waals surface area contributed by atoms with E-state index in [2.05, 4.69) is 55.5 Å². The average Bonchev–Trinajstić information content (AvgIpc) is 3.21. The van der Waals surface area contributed by atoms with Crippen LogP contribution >= 0.6 is 7.82 Å². The maximum absolute atomic E-state index is 12.7. The SMILES string of the molecule is CC/C=C\C/C=C\C/C=C\C/C=C\CCCCCCC(=O)O[C@H](COC(=O)CC/C=C\C/C=C\C[C@H](O)/C=C/C=C\C=C\[C@H](O)C/C=C\CC)COP(=O)(O)OCC[N+](C)(C)C. The Kier molecular flexibility index (Phi) is 37.8. The van der Waals surface area contributed by atoms with Crippen LogP contribution in [0.4, 0.5) is 0 Å². The van der Waals surface area contributed by atoms with E-state index in [0.717, 1.165) is 57.8 Å². The molecule has 4 atom stereocenters. The number of rotatable bonds is 38. The van der Waals surface area contributed by atoms with Crippen molar-refractivity contribution in [2.75, 3.05) is 47.5 Å². The number of esters is 2. The summed E-state index contributed by atoms with van der Waals surface area (Å²) in [5.41, 5.74) is 0. The van der Waals surface area contributed by atoms with Gasteiger partial charge in [-0.25, -0.2) is 4.57 Å². The molecular weight excluding hydrogens is 806 g/mol. The number of phosphoric ester groups is 1. The second-order valence-corrected chi connectivity index (χ2v) is 17.2. The number of hydrogen-bond donors (Lipinski definition) is 3. The van der Waals surface area contributed by atoms with Gasteiger partial charge in [0.25, 0.3) is 0 Å². The molecule has 0 saturated heterocycles. The molecular formula is C50H81NO10P+. The van der Waals surface area contributed by atoms with Crippen molar-refractivity contribution in [3.05, 3.63) is 122 Å². The van der Waals surface area contributed by atoms with E-state index in [1.807, 2.05) is 64.5 Å². The molecule has 0 fully saturated rings. The molecule has 0 aromatic rings. The first-order chi connectivity index (χ1) is 29.8. The Morgan fingerprint density at radius 1 is 0.581 bits per heavy atom. The van der Waals surface area contributed by atoms with Crippen molar-refractivity contribution in [3.8, 4) is 0 Å². The van der Waals surface area contributed by atoms with Gasteiger partial charge in [-0.15, -0.1) is 0 Å². The molecule has 0 heterocycles. The number of ether oxygens (including phenoxy) is 2. The fourth-order valence-corrected chi connectivity index (χ4v) is 5.89. The lowest BCUT2D eigenvalue weighted by Gasteiger charge is -2.24. The number of quaternary nitrogens is 1. The fourth-order valence-electron chi connectivity index (χ4n) is 5.14. The molecule has 0 aliphatic carbocycles. The van der Waals surface area contributed by atoms with Crippen LogP contribution in [-0.2, 0) is 32.7 Å². The van der Waals surface area contributed by atoms with Crippen LogP contribution in [0, 0.1) is 0 Å². The number of aliphatic hydroxyl groups excluding tert-OH is 2. The highest BCUT2D eigenvalue weighted by atomic mass is 31.2. The van der Waals surface area contributed by atoms with Crippen molar-refractivity contribution in [3.63, 3.8) is 0 Å². The Morgan fingerprint density at radius 2 is 1.08 bits per heavy atom. The van der Waals surface area contributed by atoms with Crippen LogP contribution in [0.2, 0.25) is 0 Å². The molecule has 0 bridgehead atoms. The quantitative estimate of drug-likeness (QED) is 0.0137. The Labute approximate surface area is 374 Å². The summed E-state index contributed by atoms with van der Waals surface area (Å²) < 4.78 is 34.1. The van der Waals surface area contributed by atoms with E-state index in [9.17, 15) is 29.3 Å². The largest absolute Gasteiger partial charge is 0.472 e. The van der Waals surface area contributed by atoms with Crippen molar-refractivity contribution < 1.29 is 52.3 Å². The maximum Gasteiger partial charge on any atom is 0.472 e. The first kappa shape index (κ1) is 58.3. The number of nitrogens with zero attached hydrogens (tertiary/aromatic N) is 1. The maximum atomic E-state index is 12.7. The van der Waals surface area contributed by atoms with E-state index in [1.54, 1.807) is 36.5 Å². The Balaban J connectivity index is 4.65. The molecule has 0 aromatic carbocycles. The first-order valence-electron chi connectivity index (χ1n) is 22.5. The van der Waals surface area contributed by atoms with Crippen LogP contribution in [0.3, 0.4) is 0 Å². The molecule has 350 valence electrons. The average molecular weight is 887 g/mol. The number of phosphoric acid groups is 1. The zero-order valence-corrected chi connectivity index (χ0v) is 39.4. The molecule has 0 aliphatic heterocycles. The molecule has 12 heteroatoms. The van der Waals surface area contributed by atoms with Gasteiger partial charge in [-0.05, 0) is 77.0 Å². The third kappa shape index (κ3) is 43.0. The first-order valence-corrected chi connectivity index (χ1v) is 24.0. The minimum Gasteiger partial charge on any atom is -0.462 e. The Morgan fingerprint density at radius 3 is 1.66 bits per heavy atom. The van der Waals surface area contributed by atoms with Crippen molar-refractivity contribution in [2.24, 2.45) is 0 Å². The second kappa shape index (κ2) is 40.1. The summed E-state index contributed by atoms with van der Waals surface area (Å²) in [5, 5.41) is 20.0. The number of carbonyl (C=O) groups excluding carboxylic acids is 2. The third-order valence-electron chi connectivity index (χ3n) is 8.67. The van der Waals surface area contributed by atoms with Crippen molar-refractivity contribution in [1.29, 1.82) is 0 Å². The molecule has 0 radical (unpaired) electrons. The Hall–Kier alpha value is -3.67. The van der Waals surface area contributed by atoms with Crippen LogP contribution in [0.25, 0.3) is 0 Å². The summed E-state index contributed by atoms with van der Waals surface area (Å²) in [7, 11) is 1.33. The smallest absolute Gasteiger partial charge is 0.462 e. The van der Waals surface area contributed by atoms with Gasteiger partial charge in [-0.2, -0.15) is 0 Å². The van der Waals surface area contributed by atoms with Gasteiger partial charge < -0.3 is 29.1 Å². The topological polar surface area (TPSA) is 149 Å². The van der Waals surface area contributed by atoms with Crippen molar-refractivity contribution in [1.82, 2.24) is 0 Å². The molecule has 0 amide bonds. The lowest BCUT2D eigenvalue weighted by molar-refractivity contribution is -0.870. The van der Waals surface area contributed by atoms with Gasteiger partial charge in [-0.1, -0.05) is 148 Å². The fraction of sp³-hybridized carbons (Fsp3) is 0.560. The highest BCUT2D eigenvalue weighted by Gasteiger charge is 2.27. The summed E-state index contributed by atoms with van der Waals surface area (Å²) >= 11 is 0. The number of hydrogen-bond acceptors (Lipinski definition) is 9. The highest BCUT2D eigenvalue weighted by molar-refractivity contribution is 7.47. The lowest BCUT2D eigenvalue weighted by atomic mass is 10.1. The summed E-state index contributed by atoms with van der Waals surface area (Å²) in [6, 6.07) is 0. The molecule has 3 N–H and O–H groups in total. The molecule has 11 nitrogen and oxygen atoms in total. The normalized spacial score (nSPS) is 15.7. The van der Waals surface area contributed by atoms with Crippen LogP contribution in [0.15, 0.2) is 122 Å². The molecule has 1 unspecified atom stereocenters. The van der Waals surface area contributed by atoms with Gasteiger partial charge in [0.15, 0.2) is 6.10 Å². The summed E-state index contributed by atoms with van der Waals surface area (Å²) in [4.78, 5) is 35.4. The second-order valence-electron chi connectivity index (χ2n) is 15.7. The van der Waals surface area contributed by atoms with Gasteiger partial charge in [0.05, 0.1) is 40.0 Å². The van der Waals surface area contributed by atoms with Gasteiger partial charge in [0, 0.05) is 12.8 Å². The number of allylic oxidation sites excluding steroid dienone is 16. The zero-order valence-electron chi connectivity index (χ0n) is 38.5. The Bertz CT molecular complexity index is 1500. The van der Waals surface area contributed by atoms with E-state index in [1.165, 1.54) is 0 Å². The number of likely N-dealkylation sites (N-methyl/N-ethyl adjacent to an activating group) is 1. The van der Waals surface area contributed by atoms with E-state index in [4.69, 9.17) is 18.5 Å². The van der Waals surface area contributed by atoms with Crippen LogP contribution in [0.1, 0.15) is 117 Å². The van der Waals surface area contributed by atoms with E-state index in [-0.39, 0.29) is 26.1 Å². The standard InChI is InChI=1S/C50H80NO10P/c1-6-8-10-11-12-13-14-15-16-17-18-19-20-21-22-27-35-41-50(55)61-48(45-60-62(56,57)59-43-42-51(3,4)5)44-58-49(54)40-34-26-24-23-25-31-37-47(53)39-33-29-28-32-38-46(52)36-30-9-7-2/h8-10,12-13,15-16,18-19,24-26,28-33,38-39,46-48,52-53H,6-7,11,14,17,20-23,27,34-37,40-45H2,1-5H3/p+1/b10-8-,13-12-,16-15-,19-18-,26-24-,29-28-,30-9-,31-25-,38-32+,39-33+/t46-,47+,48-/m1/s1. The zero-order chi connectivity index (χ0) is 46.0. The number of unbranched alkanes of at least 4 members (excludes halogenated alkanes) is 4. The number of aliphatic hydroxyl groups is 2. The van der Waals surface area contributed by atoms with Crippen LogP contribution < -0.4 is 0 Å². The van der Waals surface area contributed by atoms with E-state index < -0.39 is 44.7 Å². The molecule has 0 aliphatic rings. The van der Waals surface area contributed by atoms with Gasteiger partial charge in [-0.3, -0.25) is 18.6 Å². The summed E-state index contributed by atoms with van der Waals surface area (Å²) in [6.07, 6.45) is 49.0. The molecule has 62 heavy (non-hydrogen) atoms. The molecule has 0 rings (SSSR count). The van der Waals surface area contributed by atoms with Gasteiger partial charge in [0.1, 0.15) is 19.8 Å². The van der Waals surface area contributed by atoms with Gasteiger partial charge >= 0.3 is 19.8 Å². The molecule has 0 saturated carbocycles. The highest BCUT2D eigenvalue weighted by Crippen LogP contribution is 2.43. The molecule has 0 spiro atoms. The molecule has 0 aromatic heterocycles. The summed E-state index contributed by atoms with van der Waals surface area (Å²) in [5.74, 6) is -1.01. The van der Waals surface area contributed by atoms with Crippen molar-refractivity contribution >= 4 is 19.8 Å². The predicted octanol–water partition coefficient (Wildman–Crippen LogP) is 10.8. The minimum absolute atomic E-state index is 0.0107. The summed E-state index contributed by atoms with van der Waals surface area (Å²) in [6.45, 7) is 3.85. The van der Waals surface area contributed by atoms with Crippen LogP contribution in [0.5, 0.6) is 0 Å². The van der Waals surface area contributed by atoms with Gasteiger partial charge in [0.2, 0.25) is 0 Å². The van der Waals surface area contributed by atoms with E-state index in [0.29, 0.717) is 43.1 Å². The van der Waals surface area contributed by atoms with Crippen LogP contribution in [-0.4, -0.2) is 97.3 Å². The third-order valence-corrected chi connectivity index (χ3v) is 9.65. The minimum atomic E-state index is -4.44. The predicted molar refractivity (Wildman–Crippen MR) is 254 cm³/mol. The van der Waals surface area contributed by atoms with E-state index >= 15 is 0 Å². The number of carbonyl (C=O) groups is 2.